The van der Waals surface area contributed by atoms with Gasteiger partial charge in [0.05, 0.1) is 0 Å². The van der Waals surface area contributed by atoms with Crippen LogP contribution in [0.4, 0.5) is 0 Å². The summed E-state index contributed by atoms with van der Waals surface area (Å²) in [6.07, 6.45) is 3.90. The minimum Gasteiger partial charge on any atom is -0.0996 e. The Morgan fingerprint density at radius 2 is 2.10 bits per heavy atom. The van der Waals surface area contributed by atoms with Crippen LogP contribution in [0.1, 0.15) is 40.0 Å². The number of hydrogen-bond acceptors (Lipinski definition) is 0. The molecule has 1 rings (SSSR count). The van der Waals surface area contributed by atoms with E-state index < -0.39 is 0 Å². The van der Waals surface area contributed by atoms with E-state index in [1.54, 1.807) is 0 Å². The van der Waals surface area contributed by atoms with Crippen molar-refractivity contribution in [2.24, 2.45) is 11.3 Å². The molecular formula is C10H18. The summed E-state index contributed by atoms with van der Waals surface area (Å²) in [5, 5.41) is 0. The molecule has 0 saturated heterocycles. The van der Waals surface area contributed by atoms with Gasteiger partial charge in [0.15, 0.2) is 0 Å². The Hall–Kier alpha value is -0.260. The van der Waals surface area contributed by atoms with Crippen molar-refractivity contribution in [3.8, 4) is 0 Å². The SMILES string of the molecule is C=C1CCC(C)(C)CC1C. The summed E-state index contributed by atoms with van der Waals surface area (Å²) in [6.45, 7) is 11.1. The molecule has 0 bridgehead atoms. The summed E-state index contributed by atoms with van der Waals surface area (Å²) in [4.78, 5) is 0. The molecule has 0 spiro atoms. The summed E-state index contributed by atoms with van der Waals surface area (Å²) >= 11 is 0. The molecule has 0 nitrogen and oxygen atoms in total. The van der Waals surface area contributed by atoms with Crippen LogP contribution >= 0.6 is 0 Å². The molecule has 0 aromatic rings. The zero-order valence-electron chi connectivity index (χ0n) is 7.41. The first kappa shape index (κ1) is 7.84. The largest absolute Gasteiger partial charge is 0.0996 e. The molecule has 1 atom stereocenters. The minimum absolute atomic E-state index is 0.570. The van der Waals surface area contributed by atoms with E-state index in [-0.39, 0.29) is 0 Å². The van der Waals surface area contributed by atoms with Crippen LogP contribution in [0.2, 0.25) is 0 Å². The molecule has 0 aromatic carbocycles. The summed E-state index contributed by atoms with van der Waals surface area (Å²) in [7, 11) is 0. The molecule has 0 heterocycles. The van der Waals surface area contributed by atoms with E-state index in [0.717, 1.165) is 5.92 Å². The van der Waals surface area contributed by atoms with E-state index in [4.69, 9.17) is 0 Å². The fourth-order valence-corrected chi connectivity index (χ4v) is 1.82. The Kier molecular flexibility index (Phi) is 1.89. The first-order chi connectivity index (χ1) is 4.51. The molecule has 58 valence electrons. The van der Waals surface area contributed by atoms with Gasteiger partial charge in [0.2, 0.25) is 0 Å². The van der Waals surface area contributed by atoms with Gasteiger partial charge in [0.25, 0.3) is 0 Å². The van der Waals surface area contributed by atoms with Crippen LogP contribution in [0.25, 0.3) is 0 Å². The van der Waals surface area contributed by atoms with Gasteiger partial charge in [-0.25, -0.2) is 0 Å². The minimum atomic E-state index is 0.570. The van der Waals surface area contributed by atoms with E-state index in [1.165, 1.54) is 24.8 Å². The van der Waals surface area contributed by atoms with Crippen LogP contribution in [0.3, 0.4) is 0 Å². The Morgan fingerprint density at radius 3 is 2.50 bits per heavy atom. The van der Waals surface area contributed by atoms with Crippen LogP contribution in [0.15, 0.2) is 12.2 Å². The zero-order valence-corrected chi connectivity index (χ0v) is 7.41. The average Bonchev–Trinajstić information content (AvgIpc) is 1.79. The maximum atomic E-state index is 4.06. The number of rotatable bonds is 0. The fraction of sp³-hybridized carbons (Fsp3) is 0.800. The van der Waals surface area contributed by atoms with Crippen molar-refractivity contribution in [3.63, 3.8) is 0 Å². The Labute approximate surface area is 64.3 Å². The maximum absolute atomic E-state index is 4.06. The van der Waals surface area contributed by atoms with Crippen LogP contribution in [0, 0.1) is 11.3 Å². The molecule has 1 saturated carbocycles. The average molecular weight is 138 g/mol. The van der Waals surface area contributed by atoms with Crippen LogP contribution in [0.5, 0.6) is 0 Å². The predicted molar refractivity (Wildman–Crippen MR) is 45.9 cm³/mol. The monoisotopic (exact) mass is 138 g/mol. The molecule has 1 fully saturated rings. The first-order valence-corrected chi connectivity index (χ1v) is 4.19. The molecule has 10 heavy (non-hydrogen) atoms. The van der Waals surface area contributed by atoms with Gasteiger partial charge in [-0.3, -0.25) is 0 Å². The fourth-order valence-electron chi connectivity index (χ4n) is 1.82. The highest BCUT2D eigenvalue weighted by Gasteiger charge is 2.27. The van der Waals surface area contributed by atoms with Gasteiger partial charge >= 0.3 is 0 Å². The smallest absolute Gasteiger partial charge is 0.0229 e. The van der Waals surface area contributed by atoms with Crippen molar-refractivity contribution < 1.29 is 0 Å². The van der Waals surface area contributed by atoms with Crippen LogP contribution in [-0.2, 0) is 0 Å². The molecule has 1 aliphatic rings. The second-order valence-corrected chi connectivity index (χ2v) is 4.43. The van der Waals surface area contributed by atoms with Gasteiger partial charge in [-0.15, -0.1) is 0 Å². The molecule has 0 aliphatic heterocycles. The van der Waals surface area contributed by atoms with Gasteiger partial charge in [0, 0.05) is 0 Å². The second-order valence-electron chi connectivity index (χ2n) is 4.43. The Bertz CT molecular complexity index is 142. The van der Waals surface area contributed by atoms with E-state index in [9.17, 15) is 0 Å². The Balaban J connectivity index is 2.57. The van der Waals surface area contributed by atoms with Crippen molar-refractivity contribution in [1.82, 2.24) is 0 Å². The third-order valence-electron chi connectivity index (χ3n) is 2.68. The Morgan fingerprint density at radius 1 is 1.50 bits per heavy atom. The third kappa shape index (κ3) is 1.62. The molecular weight excluding hydrogens is 120 g/mol. The van der Waals surface area contributed by atoms with Gasteiger partial charge in [-0.2, -0.15) is 0 Å². The first-order valence-electron chi connectivity index (χ1n) is 4.19. The van der Waals surface area contributed by atoms with Gasteiger partial charge in [-0.05, 0) is 30.6 Å². The summed E-state index contributed by atoms with van der Waals surface area (Å²) in [6, 6.07) is 0. The van der Waals surface area contributed by atoms with Gasteiger partial charge in [0.1, 0.15) is 0 Å². The van der Waals surface area contributed by atoms with E-state index in [2.05, 4.69) is 27.4 Å². The lowest BCUT2D eigenvalue weighted by atomic mass is 9.71. The topological polar surface area (TPSA) is 0 Å². The van der Waals surface area contributed by atoms with Crippen molar-refractivity contribution in [3.05, 3.63) is 12.2 Å². The lowest BCUT2D eigenvalue weighted by Crippen LogP contribution is -2.22. The molecule has 1 aliphatic carbocycles. The summed E-state index contributed by atoms with van der Waals surface area (Å²) in [5.41, 5.74) is 2.03. The summed E-state index contributed by atoms with van der Waals surface area (Å²) in [5.74, 6) is 0.753. The molecule has 0 N–H and O–H groups in total. The molecule has 0 radical (unpaired) electrons. The highest BCUT2D eigenvalue weighted by Crippen LogP contribution is 2.40. The zero-order chi connectivity index (χ0) is 7.78. The third-order valence-corrected chi connectivity index (χ3v) is 2.68. The quantitative estimate of drug-likeness (QED) is 0.450. The number of allylic oxidation sites excluding steroid dienone is 1. The molecule has 1 unspecified atom stereocenters. The maximum Gasteiger partial charge on any atom is -0.0229 e. The number of hydrogen-bond donors (Lipinski definition) is 0. The van der Waals surface area contributed by atoms with Crippen molar-refractivity contribution >= 4 is 0 Å². The molecule has 0 heteroatoms. The van der Waals surface area contributed by atoms with E-state index in [1.807, 2.05) is 0 Å². The normalized spacial score (nSPS) is 32.3. The summed E-state index contributed by atoms with van der Waals surface area (Å²) < 4.78 is 0. The van der Waals surface area contributed by atoms with Gasteiger partial charge in [-0.1, -0.05) is 32.9 Å². The standard InChI is InChI=1S/C10H18/c1-8-5-6-10(3,4)7-9(8)2/h9H,1,5-7H2,2-4H3. The lowest BCUT2D eigenvalue weighted by Gasteiger charge is -2.34. The van der Waals surface area contributed by atoms with E-state index >= 15 is 0 Å². The highest BCUT2D eigenvalue weighted by molar-refractivity contribution is 5.05. The van der Waals surface area contributed by atoms with Crippen LogP contribution in [-0.4, -0.2) is 0 Å². The lowest BCUT2D eigenvalue weighted by molar-refractivity contribution is 0.236. The van der Waals surface area contributed by atoms with Gasteiger partial charge < -0.3 is 0 Å². The van der Waals surface area contributed by atoms with Crippen LogP contribution < -0.4 is 0 Å². The van der Waals surface area contributed by atoms with Crippen molar-refractivity contribution in [2.45, 2.75) is 40.0 Å². The van der Waals surface area contributed by atoms with Crippen molar-refractivity contribution in [1.29, 1.82) is 0 Å². The predicted octanol–water partition coefficient (Wildman–Crippen LogP) is 3.39. The van der Waals surface area contributed by atoms with Crippen molar-refractivity contribution in [2.75, 3.05) is 0 Å². The molecule has 0 amide bonds. The molecule has 0 aromatic heterocycles. The highest BCUT2D eigenvalue weighted by atomic mass is 14.3. The van der Waals surface area contributed by atoms with E-state index in [0.29, 0.717) is 5.41 Å². The second kappa shape index (κ2) is 2.41.